The van der Waals surface area contributed by atoms with Crippen LogP contribution in [0.3, 0.4) is 0 Å². The van der Waals surface area contributed by atoms with Crippen LogP contribution in [0, 0.1) is 0 Å². The van der Waals surface area contributed by atoms with E-state index >= 15 is 0 Å². The van der Waals surface area contributed by atoms with Gasteiger partial charge in [-0.15, -0.1) is 0 Å². The van der Waals surface area contributed by atoms with E-state index in [0.29, 0.717) is 12.8 Å². The van der Waals surface area contributed by atoms with Crippen molar-refractivity contribution in [3.05, 3.63) is 0 Å². The first-order valence-electron chi connectivity index (χ1n) is 3.00. The van der Waals surface area contributed by atoms with Gasteiger partial charge in [0.25, 0.3) is 0 Å². The second-order valence-electron chi connectivity index (χ2n) is 2.29. The van der Waals surface area contributed by atoms with Gasteiger partial charge in [0.2, 0.25) is 0 Å². The molecule has 1 aliphatic heterocycles. The van der Waals surface area contributed by atoms with Gasteiger partial charge >= 0.3 is 0 Å². The topological polar surface area (TPSA) is 54.0 Å². The normalized spacial score (nSPS) is 34.1. The van der Waals surface area contributed by atoms with Crippen molar-refractivity contribution in [1.29, 1.82) is 0 Å². The van der Waals surface area contributed by atoms with E-state index < -0.39 is 15.3 Å². The molecule has 0 aromatic heterocycles. The van der Waals surface area contributed by atoms with Crippen molar-refractivity contribution in [2.45, 2.75) is 24.7 Å². The van der Waals surface area contributed by atoms with Gasteiger partial charge in [-0.1, -0.05) is 0 Å². The van der Waals surface area contributed by atoms with E-state index in [0.717, 1.165) is 6.42 Å². The molecule has 1 rings (SSSR count). The highest BCUT2D eigenvalue weighted by molar-refractivity contribution is 7.91. The fourth-order valence-corrected chi connectivity index (χ4v) is 2.32. The molecule has 0 aromatic rings. The average Bonchev–Trinajstić information content (AvgIpc) is 1.77. The third-order valence-electron chi connectivity index (χ3n) is 1.52. The first-order valence-corrected chi connectivity index (χ1v) is 4.72. The Morgan fingerprint density at radius 2 is 1.89 bits per heavy atom. The number of sulfone groups is 1. The van der Waals surface area contributed by atoms with Crippen molar-refractivity contribution in [2.75, 3.05) is 5.75 Å². The van der Waals surface area contributed by atoms with E-state index in [2.05, 4.69) is 0 Å². The van der Waals surface area contributed by atoms with Gasteiger partial charge in [-0.3, -0.25) is 0 Å². The Bertz CT molecular complexity index is 182. The lowest BCUT2D eigenvalue weighted by Gasteiger charge is -2.14. The maximum absolute atomic E-state index is 10.7. The molecule has 1 unspecified atom stereocenters. The standard InChI is InChI=1S/C5H9O3S/c6-5-3-1-2-4-9(5,7)8/h5H,1-4H2. The lowest BCUT2D eigenvalue weighted by atomic mass is 10.2. The van der Waals surface area contributed by atoms with Gasteiger partial charge in [-0.2, -0.15) is 0 Å². The lowest BCUT2D eigenvalue weighted by molar-refractivity contribution is 0.140. The first-order chi connectivity index (χ1) is 4.13. The largest absolute Gasteiger partial charge is 0.226 e. The van der Waals surface area contributed by atoms with Crippen molar-refractivity contribution in [3.8, 4) is 0 Å². The number of hydrogen-bond acceptors (Lipinski definition) is 2. The molecule has 1 heterocycles. The van der Waals surface area contributed by atoms with E-state index in [1.807, 2.05) is 0 Å². The minimum Gasteiger partial charge on any atom is -0.226 e. The summed E-state index contributed by atoms with van der Waals surface area (Å²) in [7, 11) is -3.22. The van der Waals surface area contributed by atoms with Gasteiger partial charge in [0.1, 0.15) is 0 Å². The molecule has 1 aliphatic rings. The van der Waals surface area contributed by atoms with E-state index in [4.69, 9.17) is 0 Å². The second kappa shape index (κ2) is 2.27. The zero-order chi connectivity index (χ0) is 6.91. The predicted molar refractivity (Wildman–Crippen MR) is 32.1 cm³/mol. The summed E-state index contributed by atoms with van der Waals surface area (Å²) in [4.78, 5) is 0. The van der Waals surface area contributed by atoms with Gasteiger partial charge in [-0.25, -0.2) is 13.5 Å². The highest BCUT2D eigenvalue weighted by Gasteiger charge is 2.27. The molecule has 1 fully saturated rings. The van der Waals surface area contributed by atoms with Crippen LogP contribution >= 0.6 is 0 Å². The quantitative estimate of drug-likeness (QED) is 0.498. The summed E-state index contributed by atoms with van der Waals surface area (Å²) < 4.78 is 21.3. The fraction of sp³-hybridized carbons (Fsp3) is 1.00. The summed E-state index contributed by atoms with van der Waals surface area (Å²) in [5, 5.41) is 10.6. The molecule has 9 heavy (non-hydrogen) atoms. The molecule has 0 spiro atoms. The molecule has 0 aromatic carbocycles. The summed E-state index contributed by atoms with van der Waals surface area (Å²) in [5.74, 6) is 0.0984. The Hall–Kier alpha value is -0.0900. The molecule has 53 valence electrons. The summed E-state index contributed by atoms with van der Waals surface area (Å²) in [6, 6.07) is 0. The molecule has 0 amide bonds. The number of hydrogen-bond donors (Lipinski definition) is 0. The van der Waals surface area contributed by atoms with Crippen LogP contribution in [0.4, 0.5) is 0 Å². The molecule has 0 saturated carbocycles. The molecule has 1 atom stereocenters. The minimum atomic E-state index is -3.22. The monoisotopic (exact) mass is 149 g/mol. The van der Waals surface area contributed by atoms with Crippen LogP contribution in [0.1, 0.15) is 19.3 Å². The Labute approximate surface area is 54.6 Å². The van der Waals surface area contributed by atoms with Gasteiger partial charge in [0.15, 0.2) is 15.3 Å². The molecule has 1 radical (unpaired) electrons. The van der Waals surface area contributed by atoms with E-state index in [1.54, 1.807) is 0 Å². The van der Waals surface area contributed by atoms with Crippen LogP contribution in [0.15, 0.2) is 0 Å². The van der Waals surface area contributed by atoms with Gasteiger partial charge in [0, 0.05) is 0 Å². The fourth-order valence-electron chi connectivity index (χ4n) is 0.925. The second-order valence-corrected chi connectivity index (χ2v) is 4.55. The smallest absolute Gasteiger partial charge is 0.193 e. The maximum Gasteiger partial charge on any atom is 0.193 e. The molecule has 0 aliphatic carbocycles. The maximum atomic E-state index is 10.7. The Balaban J connectivity index is 2.72. The Kier molecular flexibility index (Phi) is 1.77. The summed E-state index contributed by atoms with van der Waals surface area (Å²) in [6.45, 7) is 0. The summed E-state index contributed by atoms with van der Waals surface area (Å²) in [6.07, 6.45) is 1.75. The minimum absolute atomic E-state index is 0.0984. The molecular formula is C5H9O3S. The van der Waals surface area contributed by atoms with Crippen LogP contribution in [0.25, 0.3) is 0 Å². The third kappa shape index (κ3) is 1.43. The zero-order valence-electron chi connectivity index (χ0n) is 5.04. The van der Waals surface area contributed by atoms with Crippen LogP contribution in [0.2, 0.25) is 0 Å². The van der Waals surface area contributed by atoms with Crippen molar-refractivity contribution in [1.82, 2.24) is 0 Å². The molecule has 0 bridgehead atoms. The van der Waals surface area contributed by atoms with Crippen molar-refractivity contribution in [2.24, 2.45) is 0 Å². The first kappa shape index (κ1) is 7.02. The molecule has 1 saturated heterocycles. The van der Waals surface area contributed by atoms with Crippen LogP contribution in [-0.4, -0.2) is 19.6 Å². The molecular weight excluding hydrogens is 140 g/mol. The molecule has 3 nitrogen and oxygen atoms in total. The third-order valence-corrected chi connectivity index (χ3v) is 3.41. The SMILES string of the molecule is [O]C1CCCCS1(=O)=O. The average molecular weight is 149 g/mol. The molecule has 0 N–H and O–H groups in total. The van der Waals surface area contributed by atoms with Crippen molar-refractivity contribution >= 4 is 9.84 Å². The summed E-state index contributed by atoms with van der Waals surface area (Å²) in [5.41, 5.74) is -1.33. The van der Waals surface area contributed by atoms with Crippen LogP contribution in [0.5, 0.6) is 0 Å². The summed E-state index contributed by atoms with van der Waals surface area (Å²) >= 11 is 0. The van der Waals surface area contributed by atoms with Crippen molar-refractivity contribution in [3.63, 3.8) is 0 Å². The lowest BCUT2D eigenvalue weighted by Crippen LogP contribution is -2.26. The van der Waals surface area contributed by atoms with Gasteiger partial charge in [-0.05, 0) is 19.3 Å². The van der Waals surface area contributed by atoms with Crippen LogP contribution < -0.4 is 0 Å². The highest BCUT2D eigenvalue weighted by atomic mass is 32.2. The van der Waals surface area contributed by atoms with Gasteiger partial charge < -0.3 is 0 Å². The Morgan fingerprint density at radius 3 is 2.22 bits per heavy atom. The van der Waals surface area contributed by atoms with Crippen molar-refractivity contribution < 1.29 is 13.5 Å². The number of rotatable bonds is 0. The van der Waals surface area contributed by atoms with E-state index in [1.165, 1.54) is 0 Å². The predicted octanol–water partition coefficient (Wildman–Crippen LogP) is 0.342. The zero-order valence-corrected chi connectivity index (χ0v) is 5.86. The highest BCUT2D eigenvalue weighted by Crippen LogP contribution is 2.16. The van der Waals surface area contributed by atoms with Crippen LogP contribution in [-0.2, 0) is 14.9 Å². The van der Waals surface area contributed by atoms with E-state index in [-0.39, 0.29) is 5.75 Å². The van der Waals surface area contributed by atoms with E-state index in [9.17, 15) is 13.5 Å². The van der Waals surface area contributed by atoms with Gasteiger partial charge in [0.05, 0.1) is 5.75 Å². The Morgan fingerprint density at radius 1 is 1.22 bits per heavy atom. The molecule has 4 heteroatoms.